The van der Waals surface area contributed by atoms with Crippen LogP contribution in [0, 0.1) is 12.7 Å². The maximum absolute atomic E-state index is 14.0. The summed E-state index contributed by atoms with van der Waals surface area (Å²) in [6, 6.07) is 11.6. The first-order valence-electron chi connectivity index (χ1n) is 10.4. The highest BCUT2D eigenvalue weighted by Gasteiger charge is 2.35. The van der Waals surface area contributed by atoms with Crippen molar-refractivity contribution < 1.29 is 19.1 Å². The van der Waals surface area contributed by atoms with Gasteiger partial charge in [0.2, 0.25) is 0 Å². The second kappa shape index (κ2) is 7.71. The number of nitrogens with one attached hydrogen (secondary N) is 1. The predicted octanol–water partition coefficient (Wildman–Crippen LogP) is 3.79. The Bertz CT molecular complexity index is 1370. The largest absolute Gasteiger partial charge is 0.480 e. The fourth-order valence-corrected chi connectivity index (χ4v) is 4.64. The molecule has 1 aliphatic rings. The first-order valence-corrected chi connectivity index (χ1v) is 10.4. The van der Waals surface area contributed by atoms with E-state index in [2.05, 4.69) is 15.3 Å². The Hall–Kier alpha value is -3.81. The number of halogens is 1. The van der Waals surface area contributed by atoms with Crippen molar-refractivity contribution in [1.29, 1.82) is 0 Å². The molecule has 0 unspecified atom stereocenters. The van der Waals surface area contributed by atoms with Gasteiger partial charge in [-0.2, -0.15) is 0 Å². The standard InChI is InChI=1S/C24H21FN4O3/c1-13-22(18-11-16(25)5-7-20(18)29(13)12-21(30)31)15-9-17(10-15)27-24(32)19-6-4-14-3-2-8-26-23(14)28-19/h2-8,11,15,17H,9-10,12H2,1H3,(H,27,32)(H,30,31). The van der Waals surface area contributed by atoms with E-state index in [9.17, 15) is 19.1 Å². The molecule has 2 N–H and O–H groups in total. The molecule has 4 aromatic rings. The van der Waals surface area contributed by atoms with Crippen LogP contribution < -0.4 is 5.32 Å². The van der Waals surface area contributed by atoms with Crippen LogP contribution in [0.2, 0.25) is 0 Å². The number of nitrogens with zero attached hydrogens (tertiary/aromatic N) is 3. The van der Waals surface area contributed by atoms with Crippen LogP contribution in [0.1, 0.15) is 40.5 Å². The Labute approximate surface area is 182 Å². The van der Waals surface area contributed by atoms with Crippen LogP contribution in [-0.4, -0.2) is 37.6 Å². The summed E-state index contributed by atoms with van der Waals surface area (Å²) in [5, 5.41) is 13.9. The fourth-order valence-electron chi connectivity index (χ4n) is 4.64. The van der Waals surface area contributed by atoms with Crippen LogP contribution in [0.15, 0.2) is 48.7 Å². The summed E-state index contributed by atoms with van der Waals surface area (Å²) < 4.78 is 15.7. The van der Waals surface area contributed by atoms with Gasteiger partial charge in [0.25, 0.3) is 5.91 Å². The van der Waals surface area contributed by atoms with Crippen LogP contribution in [0.25, 0.3) is 21.9 Å². The topological polar surface area (TPSA) is 97.1 Å². The summed E-state index contributed by atoms with van der Waals surface area (Å²) in [6.07, 6.45) is 3.03. The van der Waals surface area contributed by atoms with Crippen LogP contribution in [-0.2, 0) is 11.3 Å². The van der Waals surface area contributed by atoms with E-state index in [4.69, 9.17) is 0 Å². The summed E-state index contributed by atoms with van der Waals surface area (Å²) in [4.78, 5) is 32.5. The van der Waals surface area contributed by atoms with Crippen LogP contribution in [0.5, 0.6) is 0 Å². The number of benzene rings is 1. The number of pyridine rings is 2. The van der Waals surface area contributed by atoms with E-state index in [1.807, 2.05) is 25.1 Å². The molecule has 7 nitrogen and oxygen atoms in total. The van der Waals surface area contributed by atoms with Crippen molar-refractivity contribution in [1.82, 2.24) is 19.9 Å². The van der Waals surface area contributed by atoms with E-state index in [1.165, 1.54) is 12.1 Å². The number of carbonyl (C=O) groups is 2. The lowest BCUT2D eigenvalue weighted by Gasteiger charge is -2.36. The highest BCUT2D eigenvalue weighted by atomic mass is 19.1. The Morgan fingerprint density at radius 2 is 2.03 bits per heavy atom. The molecular formula is C24H21FN4O3. The van der Waals surface area contributed by atoms with Crippen molar-refractivity contribution in [3.63, 3.8) is 0 Å². The van der Waals surface area contributed by atoms with Gasteiger partial charge in [0.05, 0.1) is 0 Å². The normalized spacial score (nSPS) is 17.9. The van der Waals surface area contributed by atoms with Crippen molar-refractivity contribution in [2.24, 2.45) is 0 Å². The third-order valence-corrected chi connectivity index (χ3v) is 6.21. The van der Waals surface area contributed by atoms with Gasteiger partial charge in [-0.3, -0.25) is 9.59 Å². The van der Waals surface area contributed by atoms with Crippen molar-refractivity contribution in [3.8, 4) is 0 Å². The summed E-state index contributed by atoms with van der Waals surface area (Å²) in [6.45, 7) is 1.69. The molecule has 1 amide bonds. The van der Waals surface area contributed by atoms with Gasteiger partial charge in [0.15, 0.2) is 5.65 Å². The smallest absolute Gasteiger partial charge is 0.323 e. The first-order chi connectivity index (χ1) is 15.4. The molecule has 5 rings (SSSR count). The van der Waals surface area contributed by atoms with Gasteiger partial charge < -0.3 is 15.0 Å². The zero-order chi connectivity index (χ0) is 22.4. The third-order valence-electron chi connectivity index (χ3n) is 6.21. The maximum Gasteiger partial charge on any atom is 0.323 e. The fraction of sp³-hybridized carbons (Fsp3) is 0.250. The van der Waals surface area contributed by atoms with E-state index in [1.54, 1.807) is 22.9 Å². The molecule has 1 aliphatic carbocycles. The van der Waals surface area contributed by atoms with Crippen molar-refractivity contribution in [2.45, 2.75) is 38.3 Å². The van der Waals surface area contributed by atoms with E-state index in [-0.39, 0.29) is 30.2 Å². The lowest BCUT2D eigenvalue weighted by atomic mass is 9.75. The quantitative estimate of drug-likeness (QED) is 0.500. The number of carboxylic acid groups (broad SMARTS) is 1. The average Bonchev–Trinajstić information content (AvgIpc) is 3.00. The minimum atomic E-state index is -0.947. The molecule has 1 saturated carbocycles. The molecule has 0 bridgehead atoms. The molecule has 3 heterocycles. The summed E-state index contributed by atoms with van der Waals surface area (Å²) in [7, 11) is 0. The number of carbonyl (C=O) groups excluding carboxylic acids is 1. The molecule has 0 aliphatic heterocycles. The molecule has 1 aromatic carbocycles. The van der Waals surface area contributed by atoms with Gasteiger partial charge in [0, 0.05) is 34.2 Å². The number of aliphatic carboxylic acids is 1. The number of carboxylic acids is 1. The Morgan fingerprint density at radius 3 is 2.81 bits per heavy atom. The maximum atomic E-state index is 14.0. The van der Waals surface area contributed by atoms with Crippen molar-refractivity contribution in [3.05, 3.63) is 71.4 Å². The second-order valence-electron chi connectivity index (χ2n) is 8.23. The number of rotatable bonds is 5. The highest BCUT2D eigenvalue weighted by Crippen LogP contribution is 2.43. The Kier molecular flexibility index (Phi) is 4.84. The number of hydrogen-bond acceptors (Lipinski definition) is 4. The molecule has 0 radical (unpaired) electrons. The van der Waals surface area contributed by atoms with E-state index in [0.29, 0.717) is 29.7 Å². The number of aromatic nitrogens is 3. The van der Waals surface area contributed by atoms with Crippen LogP contribution >= 0.6 is 0 Å². The van der Waals surface area contributed by atoms with Crippen LogP contribution in [0.4, 0.5) is 4.39 Å². The van der Waals surface area contributed by atoms with E-state index >= 15 is 0 Å². The zero-order valence-electron chi connectivity index (χ0n) is 17.4. The minimum Gasteiger partial charge on any atom is -0.480 e. The van der Waals surface area contributed by atoms with Crippen molar-refractivity contribution >= 4 is 33.8 Å². The van der Waals surface area contributed by atoms with E-state index in [0.717, 1.165) is 22.0 Å². The monoisotopic (exact) mass is 432 g/mol. The van der Waals surface area contributed by atoms with Gasteiger partial charge in [-0.15, -0.1) is 0 Å². The van der Waals surface area contributed by atoms with Crippen molar-refractivity contribution in [2.75, 3.05) is 0 Å². The lowest BCUT2D eigenvalue weighted by Crippen LogP contribution is -2.43. The Balaban J connectivity index is 1.34. The number of amides is 1. The number of fused-ring (bicyclic) bond motifs is 2. The zero-order valence-corrected chi connectivity index (χ0v) is 17.4. The van der Waals surface area contributed by atoms with Gasteiger partial charge in [-0.1, -0.05) is 0 Å². The summed E-state index contributed by atoms with van der Waals surface area (Å²) in [5.41, 5.74) is 3.33. The molecule has 0 atom stereocenters. The summed E-state index contributed by atoms with van der Waals surface area (Å²) >= 11 is 0. The number of hydrogen-bond donors (Lipinski definition) is 2. The second-order valence-corrected chi connectivity index (χ2v) is 8.23. The van der Waals surface area contributed by atoms with E-state index < -0.39 is 5.97 Å². The molecule has 0 saturated heterocycles. The average molecular weight is 432 g/mol. The minimum absolute atomic E-state index is 0.0282. The van der Waals surface area contributed by atoms with Gasteiger partial charge >= 0.3 is 5.97 Å². The lowest BCUT2D eigenvalue weighted by molar-refractivity contribution is -0.137. The first kappa shape index (κ1) is 20.1. The molecule has 3 aromatic heterocycles. The van der Waals surface area contributed by atoms with Gasteiger partial charge in [-0.25, -0.2) is 14.4 Å². The molecule has 1 fully saturated rings. The van der Waals surface area contributed by atoms with Crippen LogP contribution in [0.3, 0.4) is 0 Å². The SMILES string of the molecule is Cc1c(C2CC(NC(=O)c3ccc4cccnc4n3)C2)c2cc(F)ccc2n1CC(=O)O. The molecule has 162 valence electrons. The Morgan fingerprint density at radius 1 is 1.22 bits per heavy atom. The van der Waals surface area contributed by atoms with Gasteiger partial charge in [0.1, 0.15) is 18.1 Å². The summed E-state index contributed by atoms with van der Waals surface area (Å²) in [5.74, 6) is -1.44. The predicted molar refractivity (Wildman–Crippen MR) is 117 cm³/mol. The molecule has 8 heteroatoms. The highest BCUT2D eigenvalue weighted by molar-refractivity contribution is 5.94. The van der Waals surface area contributed by atoms with Gasteiger partial charge in [-0.05, 0) is 73.7 Å². The molecule has 32 heavy (non-hydrogen) atoms. The third kappa shape index (κ3) is 3.47. The molecule has 0 spiro atoms. The molecular weight excluding hydrogens is 411 g/mol.